The van der Waals surface area contributed by atoms with Crippen molar-refractivity contribution >= 4 is 12.0 Å². The maximum absolute atomic E-state index is 11.0. The van der Waals surface area contributed by atoms with Crippen molar-refractivity contribution in [3.05, 3.63) is 59.4 Å². The molecular weight excluding hydrogens is 228 g/mol. The van der Waals surface area contributed by atoms with Crippen LogP contribution in [0.25, 0.3) is 6.08 Å². The molecule has 1 aromatic carbocycles. The zero-order valence-corrected chi connectivity index (χ0v) is 10.1. The molecule has 18 heavy (non-hydrogen) atoms. The SMILES string of the molecule is Cc1cc(C(=O)O)n(C/C=C/c2ccccc2)n1. The van der Waals surface area contributed by atoms with Crippen molar-refractivity contribution < 1.29 is 9.90 Å². The maximum atomic E-state index is 11.0. The van der Waals surface area contributed by atoms with Crippen molar-refractivity contribution in [3.8, 4) is 0 Å². The molecule has 0 radical (unpaired) electrons. The Kier molecular flexibility index (Phi) is 3.57. The first-order valence-corrected chi connectivity index (χ1v) is 5.66. The number of hydrogen-bond acceptors (Lipinski definition) is 2. The fourth-order valence-electron chi connectivity index (χ4n) is 1.71. The zero-order chi connectivity index (χ0) is 13.0. The molecule has 1 heterocycles. The molecule has 0 aliphatic carbocycles. The van der Waals surface area contributed by atoms with Crippen LogP contribution in [0.15, 0.2) is 42.5 Å². The van der Waals surface area contributed by atoms with E-state index in [9.17, 15) is 4.79 Å². The van der Waals surface area contributed by atoms with Crippen LogP contribution in [-0.2, 0) is 6.54 Å². The van der Waals surface area contributed by atoms with Crippen LogP contribution in [-0.4, -0.2) is 20.9 Å². The quantitative estimate of drug-likeness (QED) is 0.896. The fraction of sp³-hybridized carbons (Fsp3) is 0.143. The van der Waals surface area contributed by atoms with E-state index in [1.807, 2.05) is 42.5 Å². The molecule has 0 unspecified atom stereocenters. The summed E-state index contributed by atoms with van der Waals surface area (Å²) in [6.45, 7) is 2.23. The Hall–Kier alpha value is -2.36. The summed E-state index contributed by atoms with van der Waals surface area (Å²) in [6, 6.07) is 11.4. The molecule has 0 aliphatic heterocycles. The number of aryl methyl sites for hydroxylation is 1. The number of carbonyl (C=O) groups is 1. The third-order valence-corrected chi connectivity index (χ3v) is 2.51. The van der Waals surface area contributed by atoms with Crippen LogP contribution in [0, 0.1) is 6.92 Å². The Morgan fingerprint density at radius 2 is 2.11 bits per heavy atom. The summed E-state index contributed by atoms with van der Waals surface area (Å²) in [7, 11) is 0. The number of carboxylic acid groups (broad SMARTS) is 1. The van der Waals surface area contributed by atoms with Crippen LogP contribution in [0.2, 0.25) is 0 Å². The first-order valence-electron chi connectivity index (χ1n) is 5.66. The lowest BCUT2D eigenvalue weighted by Crippen LogP contribution is -2.08. The lowest BCUT2D eigenvalue weighted by Gasteiger charge is -1.99. The van der Waals surface area contributed by atoms with Crippen molar-refractivity contribution in [2.75, 3.05) is 0 Å². The van der Waals surface area contributed by atoms with Crippen molar-refractivity contribution in [3.63, 3.8) is 0 Å². The van der Waals surface area contributed by atoms with E-state index < -0.39 is 5.97 Å². The topological polar surface area (TPSA) is 55.1 Å². The van der Waals surface area contributed by atoms with Crippen LogP contribution < -0.4 is 0 Å². The second-order valence-corrected chi connectivity index (χ2v) is 3.97. The van der Waals surface area contributed by atoms with E-state index >= 15 is 0 Å². The standard InChI is InChI=1S/C14H14N2O2/c1-11-10-13(14(17)18)16(15-11)9-5-8-12-6-3-2-4-7-12/h2-8,10H,9H2,1H3,(H,17,18)/b8-5+. The van der Waals surface area contributed by atoms with E-state index in [0.29, 0.717) is 12.2 Å². The minimum Gasteiger partial charge on any atom is -0.477 e. The van der Waals surface area contributed by atoms with Gasteiger partial charge >= 0.3 is 5.97 Å². The first kappa shape index (κ1) is 12.1. The van der Waals surface area contributed by atoms with Crippen LogP contribution in [0.1, 0.15) is 21.7 Å². The molecule has 4 nitrogen and oxygen atoms in total. The van der Waals surface area contributed by atoms with E-state index in [1.165, 1.54) is 4.68 Å². The Morgan fingerprint density at radius 3 is 2.78 bits per heavy atom. The van der Waals surface area contributed by atoms with Gasteiger partial charge in [-0.05, 0) is 18.6 Å². The summed E-state index contributed by atoms with van der Waals surface area (Å²) in [5.74, 6) is -0.955. The number of allylic oxidation sites excluding steroid dienone is 1. The van der Waals surface area contributed by atoms with E-state index in [4.69, 9.17) is 5.11 Å². The van der Waals surface area contributed by atoms with Crippen molar-refractivity contribution in [2.45, 2.75) is 13.5 Å². The zero-order valence-electron chi connectivity index (χ0n) is 10.1. The lowest BCUT2D eigenvalue weighted by atomic mass is 10.2. The normalized spacial score (nSPS) is 10.9. The summed E-state index contributed by atoms with van der Waals surface area (Å²) >= 11 is 0. The number of hydrogen-bond donors (Lipinski definition) is 1. The summed E-state index contributed by atoms with van der Waals surface area (Å²) in [5.41, 5.74) is 2.00. The number of aromatic nitrogens is 2. The molecule has 0 aliphatic rings. The van der Waals surface area contributed by atoms with Crippen molar-refractivity contribution in [1.29, 1.82) is 0 Å². The molecule has 0 spiro atoms. The van der Waals surface area contributed by atoms with Gasteiger partial charge in [0.1, 0.15) is 5.69 Å². The largest absolute Gasteiger partial charge is 0.477 e. The second-order valence-electron chi connectivity index (χ2n) is 3.97. The molecule has 0 saturated carbocycles. The third kappa shape index (κ3) is 2.85. The Morgan fingerprint density at radius 1 is 1.39 bits per heavy atom. The molecule has 1 N–H and O–H groups in total. The van der Waals surface area contributed by atoms with Gasteiger partial charge in [-0.2, -0.15) is 5.10 Å². The number of nitrogens with zero attached hydrogens (tertiary/aromatic N) is 2. The van der Waals surface area contributed by atoms with Gasteiger partial charge in [-0.25, -0.2) is 4.79 Å². The minimum atomic E-state index is -0.955. The maximum Gasteiger partial charge on any atom is 0.354 e. The number of rotatable bonds is 4. The van der Waals surface area contributed by atoms with Crippen LogP contribution in [0.4, 0.5) is 0 Å². The monoisotopic (exact) mass is 242 g/mol. The molecule has 92 valence electrons. The molecular formula is C14H14N2O2. The Labute approximate surface area is 105 Å². The summed E-state index contributed by atoms with van der Waals surface area (Å²) in [6.07, 6.45) is 3.84. The molecule has 0 saturated heterocycles. The molecule has 0 amide bonds. The van der Waals surface area contributed by atoms with Gasteiger partial charge in [0, 0.05) is 0 Å². The van der Waals surface area contributed by atoms with Crippen LogP contribution in [0.5, 0.6) is 0 Å². The van der Waals surface area contributed by atoms with Crippen molar-refractivity contribution in [1.82, 2.24) is 9.78 Å². The van der Waals surface area contributed by atoms with Gasteiger partial charge in [0.15, 0.2) is 0 Å². The smallest absolute Gasteiger partial charge is 0.354 e. The molecule has 0 bridgehead atoms. The lowest BCUT2D eigenvalue weighted by molar-refractivity contribution is 0.0684. The Bertz CT molecular complexity index is 571. The highest BCUT2D eigenvalue weighted by atomic mass is 16.4. The minimum absolute atomic E-state index is 0.213. The van der Waals surface area contributed by atoms with Crippen molar-refractivity contribution in [2.24, 2.45) is 0 Å². The molecule has 1 aromatic heterocycles. The predicted octanol–water partition coefficient (Wildman–Crippen LogP) is 2.60. The van der Waals surface area contributed by atoms with Gasteiger partial charge in [0.05, 0.1) is 12.2 Å². The van der Waals surface area contributed by atoms with Crippen LogP contribution in [0.3, 0.4) is 0 Å². The van der Waals surface area contributed by atoms with E-state index in [-0.39, 0.29) is 5.69 Å². The van der Waals surface area contributed by atoms with E-state index in [1.54, 1.807) is 13.0 Å². The molecule has 2 aromatic rings. The third-order valence-electron chi connectivity index (χ3n) is 2.51. The number of benzene rings is 1. The van der Waals surface area contributed by atoms with Gasteiger partial charge in [0.25, 0.3) is 0 Å². The second kappa shape index (κ2) is 5.31. The molecule has 0 atom stereocenters. The highest BCUT2D eigenvalue weighted by Gasteiger charge is 2.10. The Balaban J connectivity index is 2.11. The average Bonchev–Trinajstić information content (AvgIpc) is 2.72. The summed E-state index contributed by atoms with van der Waals surface area (Å²) < 4.78 is 1.48. The highest BCUT2D eigenvalue weighted by molar-refractivity contribution is 5.85. The average molecular weight is 242 g/mol. The highest BCUT2D eigenvalue weighted by Crippen LogP contribution is 2.06. The number of carboxylic acids is 1. The fourth-order valence-corrected chi connectivity index (χ4v) is 1.71. The van der Waals surface area contributed by atoms with Gasteiger partial charge in [-0.1, -0.05) is 42.5 Å². The van der Waals surface area contributed by atoms with E-state index in [2.05, 4.69) is 5.10 Å². The van der Waals surface area contributed by atoms with E-state index in [0.717, 1.165) is 5.56 Å². The van der Waals surface area contributed by atoms with Crippen LogP contribution >= 0.6 is 0 Å². The van der Waals surface area contributed by atoms with Gasteiger partial charge < -0.3 is 5.11 Å². The molecule has 2 rings (SSSR count). The summed E-state index contributed by atoms with van der Waals surface area (Å²) in [4.78, 5) is 11.0. The predicted molar refractivity (Wildman–Crippen MR) is 69.4 cm³/mol. The number of aromatic carboxylic acids is 1. The van der Waals surface area contributed by atoms with Gasteiger partial charge in [0.2, 0.25) is 0 Å². The van der Waals surface area contributed by atoms with Gasteiger partial charge in [-0.15, -0.1) is 0 Å². The molecule has 4 heteroatoms. The first-order chi connectivity index (χ1) is 8.66. The molecule has 0 fully saturated rings. The summed E-state index contributed by atoms with van der Waals surface area (Å²) in [5, 5.41) is 13.2. The van der Waals surface area contributed by atoms with Gasteiger partial charge in [-0.3, -0.25) is 4.68 Å².